The van der Waals surface area contributed by atoms with Crippen molar-refractivity contribution in [2.75, 3.05) is 19.6 Å². The molecule has 1 aliphatic rings. The van der Waals surface area contributed by atoms with Crippen LogP contribution in [0.5, 0.6) is 0 Å². The van der Waals surface area contributed by atoms with Gasteiger partial charge in [-0.1, -0.05) is 24.3 Å². The Morgan fingerprint density at radius 3 is 2.32 bits per heavy atom. The second-order valence-electron chi connectivity index (χ2n) is 5.34. The van der Waals surface area contributed by atoms with Gasteiger partial charge in [-0.3, -0.25) is 9.69 Å². The van der Waals surface area contributed by atoms with E-state index in [1.165, 1.54) is 18.4 Å². The molecule has 0 spiro atoms. The van der Waals surface area contributed by atoms with Crippen LogP contribution >= 0.6 is 0 Å². The number of nitrogens with two attached hydrogens (primary N) is 1. The van der Waals surface area contributed by atoms with Crippen LogP contribution in [0, 0.1) is 5.92 Å². The molecule has 1 aromatic rings. The van der Waals surface area contributed by atoms with Crippen molar-refractivity contribution in [2.24, 2.45) is 11.7 Å². The molecule has 0 amide bonds. The van der Waals surface area contributed by atoms with Crippen LogP contribution in [0.1, 0.15) is 24.0 Å². The summed E-state index contributed by atoms with van der Waals surface area (Å²) in [6, 6.07) is 7.90. The Hall–Kier alpha value is -1.39. The first-order valence-corrected chi connectivity index (χ1v) is 6.89. The zero-order valence-corrected chi connectivity index (χ0v) is 11.2. The molecule has 0 saturated carbocycles. The number of nitrogens with zero attached hydrogens (tertiary/aromatic N) is 1. The maximum absolute atomic E-state index is 10.6. The minimum absolute atomic E-state index is 0.0994. The first-order chi connectivity index (χ1) is 9.17. The van der Waals surface area contributed by atoms with Gasteiger partial charge in [0, 0.05) is 6.54 Å². The summed E-state index contributed by atoms with van der Waals surface area (Å²) in [5.41, 5.74) is 7.80. The van der Waals surface area contributed by atoms with Crippen LogP contribution < -0.4 is 5.73 Å². The molecule has 1 aliphatic heterocycles. The fourth-order valence-corrected chi connectivity index (χ4v) is 2.58. The summed E-state index contributed by atoms with van der Waals surface area (Å²) in [7, 11) is 0. The zero-order valence-electron chi connectivity index (χ0n) is 11.2. The van der Waals surface area contributed by atoms with E-state index in [0.717, 1.165) is 31.7 Å². The summed E-state index contributed by atoms with van der Waals surface area (Å²) in [6.45, 7) is 3.97. The van der Waals surface area contributed by atoms with E-state index in [0.29, 0.717) is 5.92 Å². The Kier molecular flexibility index (Phi) is 4.93. The number of hydrogen-bond donors (Lipinski definition) is 2. The SMILES string of the molecule is NCC1CCN(Cc2ccc(CC(=O)O)cc2)CC1. The fourth-order valence-electron chi connectivity index (χ4n) is 2.58. The van der Waals surface area contributed by atoms with Gasteiger partial charge in [0.05, 0.1) is 6.42 Å². The van der Waals surface area contributed by atoms with Gasteiger partial charge in [0.2, 0.25) is 0 Å². The first-order valence-electron chi connectivity index (χ1n) is 6.89. The lowest BCUT2D eigenvalue weighted by molar-refractivity contribution is -0.136. The number of hydrogen-bond acceptors (Lipinski definition) is 3. The number of likely N-dealkylation sites (tertiary alicyclic amines) is 1. The van der Waals surface area contributed by atoms with E-state index < -0.39 is 5.97 Å². The normalized spacial score (nSPS) is 17.5. The Morgan fingerprint density at radius 2 is 1.79 bits per heavy atom. The number of carbonyl (C=O) groups is 1. The van der Waals surface area contributed by atoms with Crippen molar-refractivity contribution in [3.63, 3.8) is 0 Å². The molecule has 2 rings (SSSR count). The van der Waals surface area contributed by atoms with Crippen molar-refractivity contribution < 1.29 is 9.90 Å². The molecule has 3 N–H and O–H groups in total. The summed E-state index contributed by atoms with van der Waals surface area (Å²) >= 11 is 0. The molecule has 0 bridgehead atoms. The third kappa shape index (κ3) is 4.33. The van der Waals surface area contributed by atoms with Crippen LogP contribution in [0.4, 0.5) is 0 Å². The van der Waals surface area contributed by atoms with E-state index in [4.69, 9.17) is 10.8 Å². The second kappa shape index (κ2) is 6.68. The molecule has 1 fully saturated rings. The molecule has 0 atom stereocenters. The molecule has 0 aromatic heterocycles. The number of rotatable bonds is 5. The summed E-state index contributed by atoms with van der Waals surface area (Å²) in [4.78, 5) is 13.1. The maximum atomic E-state index is 10.6. The predicted molar refractivity (Wildman–Crippen MR) is 74.8 cm³/mol. The lowest BCUT2D eigenvalue weighted by Crippen LogP contribution is -2.35. The van der Waals surface area contributed by atoms with Crippen molar-refractivity contribution in [1.29, 1.82) is 0 Å². The molecule has 4 nitrogen and oxygen atoms in total. The van der Waals surface area contributed by atoms with Gasteiger partial charge in [0.25, 0.3) is 0 Å². The highest BCUT2D eigenvalue weighted by molar-refractivity contribution is 5.70. The molecular formula is C15H22N2O2. The van der Waals surface area contributed by atoms with Crippen LogP contribution in [0.2, 0.25) is 0 Å². The van der Waals surface area contributed by atoms with Gasteiger partial charge in [-0.2, -0.15) is 0 Å². The lowest BCUT2D eigenvalue weighted by atomic mass is 9.97. The summed E-state index contributed by atoms with van der Waals surface area (Å²) in [5, 5.41) is 8.73. The minimum atomic E-state index is -0.781. The van der Waals surface area contributed by atoms with E-state index in [2.05, 4.69) is 4.90 Å². The van der Waals surface area contributed by atoms with Crippen molar-refractivity contribution in [3.8, 4) is 0 Å². The molecule has 1 heterocycles. The molecule has 4 heteroatoms. The van der Waals surface area contributed by atoms with Crippen LogP contribution in [0.3, 0.4) is 0 Å². The Morgan fingerprint density at radius 1 is 1.21 bits per heavy atom. The first kappa shape index (κ1) is 14.0. The number of carboxylic acids is 1. The zero-order chi connectivity index (χ0) is 13.7. The molecule has 0 aliphatic carbocycles. The van der Waals surface area contributed by atoms with Crippen LogP contribution in [0.15, 0.2) is 24.3 Å². The highest BCUT2D eigenvalue weighted by Gasteiger charge is 2.17. The summed E-state index contributed by atoms with van der Waals surface area (Å²) in [6.07, 6.45) is 2.48. The molecule has 0 radical (unpaired) electrons. The van der Waals surface area contributed by atoms with Crippen molar-refractivity contribution >= 4 is 5.97 Å². The molecule has 19 heavy (non-hydrogen) atoms. The maximum Gasteiger partial charge on any atom is 0.307 e. The Labute approximate surface area is 114 Å². The highest BCUT2D eigenvalue weighted by Crippen LogP contribution is 2.18. The van der Waals surface area contributed by atoms with E-state index in [1.807, 2.05) is 24.3 Å². The van der Waals surface area contributed by atoms with Gasteiger partial charge in [0.1, 0.15) is 0 Å². The molecule has 1 saturated heterocycles. The molecule has 0 unspecified atom stereocenters. The molecular weight excluding hydrogens is 240 g/mol. The van der Waals surface area contributed by atoms with Gasteiger partial charge in [0.15, 0.2) is 0 Å². The average Bonchev–Trinajstić information content (AvgIpc) is 2.41. The van der Waals surface area contributed by atoms with E-state index in [-0.39, 0.29) is 6.42 Å². The van der Waals surface area contributed by atoms with E-state index >= 15 is 0 Å². The monoisotopic (exact) mass is 262 g/mol. The quantitative estimate of drug-likeness (QED) is 0.843. The van der Waals surface area contributed by atoms with Crippen LogP contribution in [-0.2, 0) is 17.8 Å². The van der Waals surface area contributed by atoms with Gasteiger partial charge in [-0.25, -0.2) is 0 Å². The third-order valence-corrected chi connectivity index (χ3v) is 3.82. The van der Waals surface area contributed by atoms with Crippen molar-refractivity contribution in [1.82, 2.24) is 4.90 Å². The number of carboxylic acid groups (broad SMARTS) is 1. The van der Waals surface area contributed by atoms with Gasteiger partial charge >= 0.3 is 5.97 Å². The second-order valence-corrected chi connectivity index (χ2v) is 5.34. The van der Waals surface area contributed by atoms with E-state index in [9.17, 15) is 4.79 Å². The number of aliphatic carboxylic acids is 1. The largest absolute Gasteiger partial charge is 0.481 e. The highest BCUT2D eigenvalue weighted by atomic mass is 16.4. The van der Waals surface area contributed by atoms with Crippen molar-refractivity contribution in [3.05, 3.63) is 35.4 Å². The van der Waals surface area contributed by atoms with Gasteiger partial charge in [-0.15, -0.1) is 0 Å². The number of piperidine rings is 1. The number of benzene rings is 1. The molecule has 104 valence electrons. The average molecular weight is 262 g/mol. The smallest absolute Gasteiger partial charge is 0.307 e. The minimum Gasteiger partial charge on any atom is -0.481 e. The van der Waals surface area contributed by atoms with Gasteiger partial charge in [-0.05, 0) is 49.5 Å². The third-order valence-electron chi connectivity index (χ3n) is 3.82. The Balaban J connectivity index is 1.84. The Bertz CT molecular complexity index is 409. The molecule has 1 aromatic carbocycles. The van der Waals surface area contributed by atoms with Crippen LogP contribution in [0.25, 0.3) is 0 Å². The predicted octanol–water partition coefficient (Wildman–Crippen LogP) is 1.48. The fraction of sp³-hybridized carbons (Fsp3) is 0.533. The topological polar surface area (TPSA) is 66.6 Å². The van der Waals surface area contributed by atoms with Gasteiger partial charge < -0.3 is 10.8 Å². The lowest BCUT2D eigenvalue weighted by Gasteiger charge is -2.31. The van der Waals surface area contributed by atoms with E-state index in [1.54, 1.807) is 0 Å². The van der Waals surface area contributed by atoms with Crippen molar-refractivity contribution in [2.45, 2.75) is 25.8 Å². The standard InChI is InChI=1S/C15H22N2O2/c16-10-13-5-7-17(8-6-13)11-14-3-1-12(2-4-14)9-15(18)19/h1-4,13H,5-11,16H2,(H,18,19). The summed E-state index contributed by atoms with van der Waals surface area (Å²) in [5.74, 6) is -0.0919. The van der Waals surface area contributed by atoms with Crippen LogP contribution in [-0.4, -0.2) is 35.6 Å². The summed E-state index contributed by atoms with van der Waals surface area (Å²) < 4.78 is 0.